The summed E-state index contributed by atoms with van der Waals surface area (Å²) in [5.74, 6) is 0.406. The summed E-state index contributed by atoms with van der Waals surface area (Å²) in [5.41, 5.74) is 2.68. The number of aliphatic hydroxyl groups is 1. The van der Waals surface area contributed by atoms with Gasteiger partial charge in [-0.25, -0.2) is 0 Å². The van der Waals surface area contributed by atoms with Crippen LogP contribution in [0.1, 0.15) is 57.4 Å². The zero-order chi connectivity index (χ0) is 28.6. The fourth-order valence-corrected chi connectivity index (χ4v) is 4.89. The molecule has 208 valence electrons. The number of carbonyl (C=O) groups excluding carboxylic acids is 2. The number of benzene rings is 3. The van der Waals surface area contributed by atoms with Crippen LogP contribution in [0.2, 0.25) is 0 Å². The van der Waals surface area contributed by atoms with Crippen LogP contribution in [-0.2, 0) is 15.0 Å². The number of hydrogen-bond donors (Lipinski definition) is 1. The van der Waals surface area contributed by atoms with E-state index in [4.69, 9.17) is 14.2 Å². The first-order chi connectivity index (χ1) is 19.0. The third-order valence-electron chi connectivity index (χ3n) is 7.05. The zero-order valence-corrected chi connectivity index (χ0v) is 23.6. The molecule has 3 aromatic rings. The second kappa shape index (κ2) is 10.7. The van der Waals surface area contributed by atoms with Crippen LogP contribution in [0.25, 0.3) is 5.76 Å². The topological polar surface area (TPSA) is 85.3 Å². The minimum absolute atomic E-state index is 0.0271. The van der Waals surface area contributed by atoms with Gasteiger partial charge in [0.2, 0.25) is 0 Å². The van der Waals surface area contributed by atoms with Crippen molar-refractivity contribution in [3.63, 3.8) is 0 Å². The van der Waals surface area contributed by atoms with E-state index in [1.807, 2.05) is 24.3 Å². The molecule has 3 aromatic carbocycles. The average Bonchev–Trinajstić information content (AvgIpc) is 3.21. The van der Waals surface area contributed by atoms with Crippen molar-refractivity contribution in [2.45, 2.75) is 46.1 Å². The first-order valence-electron chi connectivity index (χ1n) is 13.6. The van der Waals surface area contributed by atoms with E-state index in [0.717, 1.165) is 5.56 Å². The Hall–Kier alpha value is -4.26. The molecule has 2 heterocycles. The molecule has 7 heteroatoms. The van der Waals surface area contributed by atoms with Crippen molar-refractivity contribution in [2.75, 3.05) is 24.7 Å². The van der Waals surface area contributed by atoms with Gasteiger partial charge in [0.05, 0.1) is 18.2 Å². The normalized spacial score (nSPS) is 18.4. The van der Waals surface area contributed by atoms with Gasteiger partial charge in [0, 0.05) is 17.3 Å². The molecular weight excluding hydrogens is 506 g/mol. The molecule has 2 aliphatic heterocycles. The summed E-state index contributed by atoms with van der Waals surface area (Å²) in [6.07, 6.45) is 0. The molecule has 5 rings (SSSR count). The quantitative estimate of drug-likeness (QED) is 0.220. The lowest BCUT2D eigenvalue weighted by Crippen LogP contribution is -2.29. The summed E-state index contributed by atoms with van der Waals surface area (Å²) in [7, 11) is 0. The van der Waals surface area contributed by atoms with Gasteiger partial charge in [0.1, 0.15) is 24.7 Å². The first-order valence-corrected chi connectivity index (χ1v) is 13.6. The van der Waals surface area contributed by atoms with Gasteiger partial charge in [-0.2, -0.15) is 0 Å². The second-order valence-electron chi connectivity index (χ2n) is 11.6. The number of fused-ring (bicyclic) bond motifs is 1. The predicted molar refractivity (Wildman–Crippen MR) is 154 cm³/mol. The van der Waals surface area contributed by atoms with Crippen LogP contribution in [0, 0.1) is 5.92 Å². The number of nitrogens with zero attached hydrogens (tertiary/aromatic N) is 1. The summed E-state index contributed by atoms with van der Waals surface area (Å²) in [5, 5.41) is 11.5. The third kappa shape index (κ3) is 5.28. The van der Waals surface area contributed by atoms with Crippen molar-refractivity contribution < 1.29 is 28.9 Å². The minimum atomic E-state index is -0.839. The van der Waals surface area contributed by atoms with Crippen LogP contribution < -0.4 is 19.1 Å². The molecule has 1 amide bonds. The second-order valence-corrected chi connectivity index (χ2v) is 11.6. The molecule has 7 nitrogen and oxygen atoms in total. The molecular formula is C33H35NO6. The molecule has 0 aromatic heterocycles. The van der Waals surface area contributed by atoms with Crippen molar-refractivity contribution in [3.05, 3.63) is 89.0 Å². The van der Waals surface area contributed by atoms with Gasteiger partial charge in [0.15, 0.2) is 11.5 Å². The van der Waals surface area contributed by atoms with Crippen molar-refractivity contribution >= 4 is 23.1 Å². The Morgan fingerprint density at radius 2 is 1.60 bits per heavy atom. The molecule has 0 bridgehead atoms. The summed E-state index contributed by atoms with van der Waals surface area (Å²) >= 11 is 0. The van der Waals surface area contributed by atoms with Crippen LogP contribution >= 0.6 is 0 Å². The number of ketones is 1. The summed E-state index contributed by atoms with van der Waals surface area (Å²) in [4.78, 5) is 28.6. The van der Waals surface area contributed by atoms with E-state index in [0.29, 0.717) is 59.8 Å². The van der Waals surface area contributed by atoms with E-state index in [1.54, 1.807) is 42.5 Å². The molecule has 0 aliphatic carbocycles. The molecule has 1 unspecified atom stereocenters. The largest absolute Gasteiger partial charge is 0.507 e. The maximum absolute atomic E-state index is 13.6. The predicted octanol–water partition coefficient (Wildman–Crippen LogP) is 6.42. The number of anilines is 1. The highest BCUT2D eigenvalue weighted by Gasteiger charge is 2.47. The average molecular weight is 542 g/mol. The zero-order valence-electron chi connectivity index (χ0n) is 23.6. The number of carbonyl (C=O) groups is 2. The lowest BCUT2D eigenvalue weighted by Gasteiger charge is -2.28. The maximum Gasteiger partial charge on any atom is 0.300 e. The van der Waals surface area contributed by atoms with Crippen LogP contribution in [-0.4, -0.2) is 36.6 Å². The number of hydrogen-bond acceptors (Lipinski definition) is 6. The summed E-state index contributed by atoms with van der Waals surface area (Å²) < 4.78 is 17.2. The fraction of sp³-hybridized carbons (Fsp3) is 0.333. The number of amides is 1. The van der Waals surface area contributed by atoms with Gasteiger partial charge in [0.25, 0.3) is 11.7 Å². The van der Waals surface area contributed by atoms with E-state index >= 15 is 0 Å². The Kier molecular flexibility index (Phi) is 7.32. The highest BCUT2D eigenvalue weighted by Crippen LogP contribution is 2.45. The molecule has 0 radical (unpaired) electrons. The Morgan fingerprint density at radius 1 is 0.950 bits per heavy atom. The number of aliphatic hydroxyl groups excluding tert-OH is 1. The van der Waals surface area contributed by atoms with Crippen LogP contribution in [0.3, 0.4) is 0 Å². The van der Waals surface area contributed by atoms with Gasteiger partial charge in [-0.05, 0) is 58.9 Å². The summed E-state index contributed by atoms with van der Waals surface area (Å²) in [6.45, 7) is 11.9. The van der Waals surface area contributed by atoms with E-state index in [2.05, 4.69) is 34.6 Å². The van der Waals surface area contributed by atoms with Gasteiger partial charge in [-0.3, -0.25) is 14.5 Å². The van der Waals surface area contributed by atoms with Crippen molar-refractivity contribution in [1.29, 1.82) is 0 Å². The number of rotatable bonds is 6. The smallest absolute Gasteiger partial charge is 0.300 e. The number of ether oxygens (including phenoxy) is 3. The Bertz CT molecular complexity index is 1450. The molecule has 0 spiro atoms. The lowest BCUT2D eigenvalue weighted by atomic mass is 9.85. The van der Waals surface area contributed by atoms with Crippen molar-refractivity contribution in [3.8, 4) is 17.2 Å². The van der Waals surface area contributed by atoms with Gasteiger partial charge >= 0.3 is 0 Å². The number of Topliss-reactive ketones (excluding diaryl/α,β-unsaturated/α-hetero) is 1. The van der Waals surface area contributed by atoms with E-state index < -0.39 is 17.7 Å². The van der Waals surface area contributed by atoms with Gasteiger partial charge in [-0.15, -0.1) is 0 Å². The molecule has 0 saturated carbocycles. The molecule has 1 N–H and O–H groups in total. The standard InChI is InChI=1S/C33H35NO6/c1-20(2)19-40-25-13-8-22(9-14-25)30(35)28-29(21-6-10-23(11-7-21)33(3,4)5)34(32(37)31(28)36)24-12-15-26-27(18-24)39-17-16-38-26/h6-15,18,20,29,35H,16-17,19H2,1-5H3/b30-28+. The van der Waals surface area contributed by atoms with Crippen LogP contribution in [0.5, 0.6) is 17.2 Å². The Labute approximate surface area is 235 Å². The molecule has 40 heavy (non-hydrogen) atoms. The molecule has 1 saturated heterocycles. The van der Waals surface area contributed by atoms with E-state index in [-0.39, 0.29) is 16.7 Å². The monoisotopic (exact) mass is 541 g/mol. The highest BCUT2D eigenvalue weighted by atomic mass is 16.6. The van der Waals surface area contributed by atoms with Gasteiger partial charge < -0.3 is 19.3 Å². The molecule has 2 aliphatic rings. The van der Waals surface area contributed by atoms with Crippen molar-refractivity contribution in [2.24, 2.45) is 5.92 Å². The SMILES string of the molecule is CC(C)COc1ccc(/C(O)=C2\C(=O)C(=O)N(c3ccc4c(c3)OCCO4)C2c2ccc(C(C)(C)C)cc2)cc1. The summed E-state index contributed by atoms with van der Waals surface area (Å²) in [6, 6.07) is 19.1. The molecule has 1 atom stereocenters. The van der Waals surface area contributed by atoms with Gasteiger partial charge in [-0.1, -0.05) is 58.9 Å². The molecule has 1 fully saturated rings. The maximum atomic E-state index is 13.6. The third-order valence-corrected chi connectivity index (χ3v) is 7.05. The Morgan fingerprint density at radius 3 is 2.23 bits per heavy atom. The highest BCUT2D eigenvalue weighted by molar-refractivity contribution is 6.51. The van der Waals surface area contributed by atoms with Crippen LogP contribution in [0.4, 0.5) is 5.69 Å². The first kappa shape index (κ1) is 27.3. The fourth-order valence-electron chi connectivity index (χ4n) is 4.89. The van der Waals surface area contributed by atoms with Crippen molar-refractivity contribution in [1.82, 2.24) is 0 Å². The Balaban J connectivity index is 1.61. The van der Waals surface area contributed by atoms with E-state index in [1.165, 1.54) is 4.90 Å². The minimum Gasteiger partial charge on any atom is -0.507 e. The van der Waals surface area contributed by atoms with E-state index in [9.17, 15) is 14.7 Å². The van der Waals surface area contributed by atoms with Crippen LogP contribution in [0.15, 0.2) is 72.3 Å². The lowest BCUT2D eigenvalue weighted by molar-refractivity contribution is -0.132.